The SMILES string of the molecule is C(=NC12CC3CC(CC(C3)C1)C2)c1c2c3ccccc3c3ccccc3c2cn1B(c1ccccc1)c1ccccc1. The van der Waals surface area contributed by atoms with E-state index in [1.165, 1.54) is 87.5 Å². The lowest BCUT2D eigenvalue weighted by atomic mass is 9.50. The molecule has 0 N–H and O–H groups in total. The van der Waals surface area contributed by atoms with E-state index < -0.39 is 0 Å². The number of aliphatic imine (C=N–C) groups is 1. The summed E-state index contributed by atoms with van der Waals surface area (Å²) in [6.45, 7) is 0.0511. The van der Waals surface area contributed by atoms with Crippen LogP contribution in [0.1, 0.15) is 44.2 Å². The molecule has 0 radical (unpaired) electrons. The Morgan fingerprint density at radius 1 is 0.571 bits per heavy atom. The van der Waals surface area contributed by atoms with Gasteiger partial charge in [0.05, 0.1) is 11.2 Å². The Morgan fingerprint density at radius 2 is 1.02 bits per heavy atom. The van der Waals surface area contributed by atoms with Crippen molar-refractivity contribution in [1.29, 1.82) is 0 Å². The lowest BCUT2D eigenvalue weighted by molar-refractivity contribution is 0.00194. The van der Waals surface area contributed by atoms with Crippen LogP contribution in [0.15, 0.2) is 120 Å². The van der Waals surface area contributed by atoms with Gasteiger partial charge in [0.2, 0.25) is 0 Å². The summed E-state index contributed by atoms with van der Waals surface area (Å²) < 4.78 is 2.54. The van der Waals surface area contributed by atoms with Crippen LogP contribution in [0, 0.1) is 17.8 Å². The van der Waals surface area contributed by atoms with Crippen molar-refractivity contribution in [3.05, 3.63) is 121 Å². The second kappa shape index (κ2) is 9.46. The molecule has 204 valence electrons. The predicted molar refractivity (Wildman–Crippen MR) is 179 cm³/mol. The summed E-state index contributed by atoms with van der Waals surface area (Å²) in [7, 11) is 0. The van der Waals surface area contributed by atoms with Crippen LogP contribution in [0.2, 0.25) is 0 Å². The van der Waals surface area contributed by atoms with Crippen LogP contribution < -0.4 is 10.9 Å². The molecule has 4 fully saturated rings. The molecule has 42 heavy (non-hydrogen) atoms. The molecular formula is C39H35BN2. The van der Waals surface area contributed by atoms with E-state index in [1.54, 1.807) is 0 Å². The van der Waals surface area contributed by atoms with Gasteiger partial charge in [0, 0.05) is 23.2 Å². The van der Waals surface area contributed by atoms with E-state index in [0.717, 1.165) is 17.8 Å². The van der Waals surface area contributed by atoms with Gasteiger partial charge in [0.15, 0.2) is 0 Å². The highest BCUT2D eigenvalue weighted by atomic mass is 14.9. The van der Waals surface area contributed by atoms with E-state index in [4.69, 9.17) is 4.99 Å². The van der Waals surface area contributed by atoms with Gasteiger partial charge in [-0.05, 0) is 77.8 Å². The summed E-state index contributed by atoms with van der Waals surface area (Å²) >= 11 is 0. The van der Waals surface area contributed by atoms with Crippen molar-refractivity contribution in [3.8, 4) is 0 Å². The Balaban J connectivity index is 1.35. The molecule has 6 aromatic rings. The zero-order chi connectivity index (χ0) is 27.7. The first-order valence-corrected chi connectivity index (χ1v) is 15.8. The molecule has 0 saturated heterocycles. The van der Waals surface area contributed by atoms with Gasteiger partial charge in [-0.15, -0.1) is 0 Å². The maximum absolute atomic E-state index is 5.68. The van der Waals surface area contributed by atoms with E-state index in [9.17, 15) is 0 Å². The normalized spacial score (nSPS) is 24.8. The third kappa shape index (κ3) is 3.83. The minimum Gasteiger partial charge on any atom is -0.381 e. The molecule has 4 saturated carbocycles. The quantitative estimate of drug-likeness (QED) is 0.119. The van der Waals surface area contributed by atoms with Crippen molar-refractivity contribution in [1.82, 2.24) is 4.48 Å². The molecule has 0 spiro atoms. The number of fused-ring (bicyclic) bond motifs is 6. The van der Waals surface area contributed by atoms with Crippen molar-refractivity contribution in [2.45, 2.75) is 44.1 Å². The molecule has 5 aromatic carbocycles. The van der Waals surface area contributed by atoms with Gasteiger partial charge in [0.25, 0.3) is 0 Å². The van der Waals surface area contributed by atoms with E-state index >= 15 is 0 Å². The second-order valence-electron chi connectivity index (χ2n) is 13.4. The second-order valence-corrected chi connectivity index (χ2v) is 13.4. The summed E-state index contributed by atoms with van der Waals surface area (Å²) in [5.41, 5.74) is 3.95. The molecule has 3 heteroatoms. The molecule has 1 heterocycles. The predicted octanol–water partition coefficient (Wildman–Crippen LogP) is 7.99. The fourth-order valence-electron chi connectivity index (χ4n) is 9.47. The Bertz CT molecular complexity index is 1900. The third-order valence-corrected chi connectivity index (χ3v) is 10.8. The Labute approximate surface area is 248 Å². The smallest absolute Gasteiger partial charge is 0.327 e. The van der Waals surface area contributed by atoms with Crippen LogP contribution in [-0.2, 0) is 0 Å². The van der Waals surface area contributed by atoms with Crippen LogP contribution in [0.3, 0.4) is 0 Å². The van der Waals surface area contributed by atoms with Gasteiger partial charge >= 0.3 is 6.85 Å². The van der Waals surface area contributed by atoms with Crippen molar-refractivity contribution < 1.29 is 0 Å². The van der Waals surface area contributed by atoms with Crippen molar-refractivity contribution in [2.24, 2.45) is 22.7 Å². The zero-order valence-corrected chi connectivity index (χ0v) is 24.0. The molecule has 0 amide bonds. The topological polar surface area (TPSA) is 17.3 Å². The van der Waals surface area contributed by atoms with Crippen LogP contribution >= 0.6 is 0 Å². The van der Waals surface area contributed by atoms with Crippen molar-refractivity contribution in [2.75, 3.05) is 0 Å². The highest BCUT2D eigenvalue weighted by molar-refractivity contribution is 6.84. The number of aromatic nitrogens is 1. The molecule has 4 aliphatic carbocycles. The average molecular weight is 543 g/mol. The van der Waals surface area contributed by atoms with E-state index in [1.807, 2.05) is 0 Å². The van der Waals surface area contributed by atoms with Gasteiger partial charge in [0.1, 0.15) is 0 Å². The highest BCUT2D eigenvalue weighted by Crippen LogP contribution is 2.57. The molecule has 4 aliphatic rings. The third-order valence-electron chi connectivity index (χ3n) is 10.8. The Morgan fingerprint density at radius 3 is 1.57 bits per heavy atom. The van der Waals surface area contributed by atoms with E-state index in [0.29, 0.717) is 0 Å². The summed E-state index contributed by atoms with van der Waals surface area (Å²) in [6, 6.07) is 39.9. The monoisotopic (exact) mass is 542 g/mol. The first-order valence-electron chi connectivity index (χ1n) is 15.8. The number of benzene rings is 5. The van der Waals surface area contributed by atoms with E-state index in [2.05, 4.69) is 126 Å². The number of hydrogen-bond acceptors (Lipinski definition) is 1. The molecule has 0 atom stereocenters. The first kappa shape index (κ1) is 24.5. The minimum atomic E-state index is 0.0511. The summed E-state index contributed by atoms with van der Waals surface area (Å²) in [6.07, 6.45) is 12.9. The molecule has 10 rings (SSSR count). The number of nitrogens with zero attached hydrogens (tertiary/aromatic N) is 2. The first-order chi connectivity index (χ1) is 20.7. The maximum atomic E-state index is 5.68. The van der Waals surface area contributed by atoms with Gasteiger partial charge in [-0.3, -0.25) is 4.99 Å². The Hall–Kier alpha value is -4.11. The molecule has 0 unspecified atom stereocenters. The lowest BCUT2D eigenvalue weighted by Crippen LogP contribution is -2.50. The largest absolute Gasteiger partial charge is 0.381 e. The van der Waals surface area contributed by atoms with Crippen molar-refractivity contribution >= 4 is 56.3 Å². The van der Waals surface area contributed by atoms with Crippen LogP contribution in [0.25, 0.3) is 32.3 Å². The maximum Gasteiger partial charge on any atom is 0.327 e. The molecule has 0 aliphatic heterocycles. The Kier molecular flexibility index (Phi) is 5.51. The number of hydrogen-bond donors (Lipinski definition) is 0. The van der Waals surface area contributed by atoms with Crippen molar-refractivity contribution in [3.63, 3.8) is 0 Å². The van der Waals surface area contributed by atoms with Crippen LogP contribution in [0.4, 0.5) is 0 Å². The van der Waals surface area contributed by atoms with Gasteiger partial charge in [-0.25, -0.2) is 0 Å². The standard InChI is InChI=1S/C39H35BN2/c1-3-11-30(12-4-1)40(31-13-5-2-6-14-31)42-26-36-34-17-8-7-15-32(34)33-16-9-10-18-35(33)38(36)37(42)25-41-39-22-27-19-28(23-39)21-29(20-27)24-39/h1-18,25-29H,19-24H2. The molecule has 2 nitrogen and oxygen atoms in total. The van der Waals surface area contributed by atoms with E-state index in [-0.39, 0.29) is 12.4 Å². The number of rotatable bonds is 5. The molecule has 4 bridgehead atoms. The van der Waals surface area contributed by atoms with Gasteiger partial charge in [-0.2, -0.15) is 0 Å². The summed E-state index contributed by atoms with van der Waals surface area (Å²) in [5, 5.41) is 7.91. The minimum absolute atomic E-state index is 0.0511. The fourth-order valence-corrected chi connectivity index (χ4v) is 9.47. The zero-order valence-electron chi connectivity index (χ0n) is 24.0. The average Bonchev–Trinajstić information content (AvgIpc) is 3.40. The summed E-state index contributed by atoms with van der Waals surface area (Å²) in [5.74, 6) is 2.63. The van der Waals surface area contributed by atoms with Gasteiger partial charge < -0.3 is 4.48 Å². The van der Waals surface area contributed by atoms with Gasteiger partial charge in [-0.1, -0.05) is 120 Å². The van der Waals surface area contributed by atoms with Crippen LogP contribution in [0.5, 0.6) is 0 Å². The highest BCUT2D eigenvalue weighted by Gasteiger charge is 2.50. The lowest BCUT2D eigenvalue weighted by Gasteiger charge is -2.55. The fraction of sp³-hybridized carbons (Fsp3) is 0.256. The molecule has 1 aromatic heterocycles. The van der Waals surface area contributed by atoms with Crippen LogP contribution in [-0.4, -0.2) is 23.1 Å². The molecular weight excluding hydrogens is 507 g/mol. The summed E-state index contributed by atoms with van der Waals surface area (Å²) in [4.78, 5) is 5.68.